The summed E-state index contributed by atoms with van der Waals surface area (Å²) < 4.78 is 10.4. The van der Waals surface area contributed by atoms with Gasteiger partial charge in [-0.2, -0.15) is 0 Å². The lowest BCUT2D eigenvalue weighted by Gasteiger charge is -2.09. The minimum Gasteiger partial charge on any atom is -0.497 e. The third-order valence-corrected chi connectivity index (χ3v) is 2.56. The van der Waals surface area contributed by atoms with Crippen molar-refractivity contribution >= 4 is 12.4 Å². The molecule has 0 atom stereocenters. The fourth-order valence-corrected chi connectivity index (χ4v) is 1.47. The molecule has 0 spiro atoms. The van der Waals surface area contributed by atoms with Crippen LogP contribution in [-0.4, -0.2) is 20.5 Å². The maximum absolute atomic E-state index is 11.0. The van der Waals surface area contributed by atoms with Crippen LogP contribution in [0.2, 0.25) is 0 Å². The highest BCUT2D eigenvalue weighted by molar-refractivity contribution is 5.83. The van der Waals surface area contributed by atoms with E-state index < -0.39 is 0 Å². The number of hydrogen-bond acceptors (Lipinski definition) is 3. The molecule has 92 valence electrons. The van der Waals surface area contributed by atoms with Crippen molar-refractivity contribution in [1.29, 1.82) is 0 Å². The Labute approximate surface area is 102 Å². The first-order valence-electron chi connectivity index (χ1n) is 5.51. The summed E-state index contributed by atoms with van der Waals surface area (Å²) in [5.74, 6) is 1.65. The van der Waals surface area contributed by atoms with Crippen molar-refractivity contribution in [3.8, 4) is 11.5 Å². The van der Waals surface area contributed by atoms with Crippen LogP contribution in [0.3, 0.4) is 0 Å². The van der Waals surface area contributed by atoms with Crippen LogP contribution in [0.5, 0.6) is 11.5 Å². The van der Waals surface area contributed by atoms with Crippen LogP contribution in [0.25, 0.3) is 6.08 Å². The highest BCUT2D eigenvalue weighted by atomic mass is 16.5. The molecule has 0 aliphatic carbocycles. The summed E-state index contributed by atoms with van der Waals surface area (Å²) in [5, 5.41) is 0. The molecule has 0 saturated heterocycles. The maximum Gasteiger partial charge on any atom is 0.146 e. The SMILES string of the molecule is COc1ccc(OC)c(/C=C(/C=O)C(C)C)c1. The van der Waals surface area contributed by atoms with E-state index in [0.29, 0.717) is 0 Å². The van der Waals surface area contributed by atoms with E-state index in [9.17, 15) is 4.79 Å². The van der Waals surface area contributed by atoms with Crippen molar-refractivity contribution in [2.75, 3.05) is 14.2 Å². The molecule has 0 unspecified atom stereocenters. The van der Waals surface area contributed by atoms with Crippen LogP contribution in [0.1, 0.15) is 19.4 Å². The molecular weight excluding hydrogens is 216 g/mol. The topological polar surface area (TPSA) is 35.5 Å². The third kappa shape index (κ3) is 3.34. The predicted octanol–water partition coefficient (Wildman–Crippen LogP) is 2.94. The summed E-state index contributed by atoms with van der Waals surface area (Å²) in [4.78, 5) is 11.0. The van der Waals surface area contributed by atoms with E-state index in [1.54, 1.807) is 14.2 Å². The first-order valence-corrected chi connectivity index (χ1v) is 5.51. The molecule has 1 aromatic carbocycles. The fourth-order valence-electron chi connectivity index (χ4n) is 1.47. The zero-order valence-corrected chi connectivity index (χ0v) is 10.7. The van der Waals surface area contributed by atoms with Gasteiger partial charge in [0.2, 0.25) is 0 Å². The van der Waals surface area contributed by atoms with Crippen LogP contribution < -0.4 is 9.47 Å². The zero-order valence-electron chi connectivity index (χ0n) is 10.7. The van der Waals surface area contributed by atoms with Gasteiger partial charge in [0.1, 0.15) is 17.8 Å². The van der Waals surface area contributed by atoms with E-state index in [4.69, 9.17) is 9.47 Å². The summed E-state index contributed by atoms with van der Waals surface area (Å²) >= 11 is 0. The largest absolute Gasteiger partial charge is 0.497 e. The molecule has 0 bridgehead atoms. The highest BCUT2D eigenvalue weighted by Crippen LogP contribution is 2.27. The van der Waals surface area contributed by atoms with Crippen LogP contribution in [0.4, 0.5) is 0 Å². The van der Waals surface area contributed by atoms with Gasteiger partial charge >= 0.3 is 0 Å². The molecular formula is C14H18O3. The van der Waals surface area contributed by atoms with Gasteiger partial charge in [-0.05, 0) is 35.8 Å². The average Bonchev–Trinajstić information content (AvgIpc) is 2.35. The van der Waals surface area contributed by atoms with Crippen LogP contribution in [-0.2, 0) is 4.79 Å². The highest BCUT2D eigenvalue weighted by Gasteiger charge is 2.06. The van der Waals surface area contributed by atoms with Gasteiger partial charge in [-0.3, -0.25) is 4.79 Å². The number of allylic oxidation sites excluding steroid dienone is 1. The van der Waals surface area contributed by atoms with E-state index in [1.807, 2.05) is 38.1 Å². The molecule has 0 fully saturated rings. The smallest absolute Gasteiger partial charge is 0.146 e. The van der Waals surface area contributed by atoms with Crippen molar-refractivity contribution in [3.63, 3.8) is 0 Å². The minimum absolute atomic E-state index is 0.184. The standard InChI is InChI=1S/C14H18O3/c1-10(2)12(9-15)7-11-8-13(16-3)5-6-14(11)17-4/h5-10H,1-4H3/b12-7-. The van der Waals surface area contributed by atoms with Gasteiger partial charge in [-0.15, -0.1) is 0 Å². The van der Waals surface area contributed by atoms with E-state index in [1.165, 1.54) is 0 Å². The normalized spacial score (nSPS) is 11.5. The predicted molar refractivity (Wildman–Crippen MR) is 68.4 cm³/mol. The molecule has 0 saturated carbocycles. The Bertz CT molecular complexity index is 419. The van der Waals surface area contributed by atoms with Crippen molar-refractivity contribution < 1.29 is 14.3 Å². The van der Waals surface area contributed by atoms with Gasteiger partial charge in [-0.25, -0.2) is 0 Å². The summed E-state index contributed by atoms with van der Waals surface area (Å²) in [6.07, 6.45) is 2.71. The number of carbonyl (C=O) groups is 1. The average molecular weight is 234 g/mol. The Kier molecular flexibility index (Phi) is 4.76. The molecule has 0 aromatic heterocycles. The first kappa shape index (κ1) is 13.3. The number of ether oxygens (including phenoxy) is 2. The zero-order chi connectivity index (χ0) is 12.8. The summed E-state index contributed by atoms with van der Waals surface area (Å²) in [5.41, 5.74) is 1.58. The fraction of sp³-hybridized carbons (Fsp3) is 0.357. The first-order chi connectivity index (χ1) is 8.12. The molecule has 3 nitrogen and oxygen atoms in total. The lowest BCUT2D eigenvalue weighted by molar-refractivity contribution is -0.105. The molecule has 0 amide bonds. The summed E-state index contributed by atoms with van der Waals surface area (Å²) in [7, 11) is 3.22. The van der Waals surface area contributed by atoms with E-state index in [2.05, 4.69) is 0 Å². The van der Waals surface area contributed by atoms with E-state index in [-0.39, 0.29) is 5.92 Å². The Balaban J connectivity index is 3.22. The lowest BCUT2D eigenvalue weighted by atomic mass is 10.0. The Morgan fingerprint density at radius 2 is 1.94 bits per heavy atom. The maximum atomic E-state index is 11.0. The monoisotopic (exact) mass is 234 g/mol. The Morgan fingerprint density at radius 3 is 2.41 bits per heavy atom. The number of benzene rings is 1. The van der Waals surface area contributed by atoms with Crippen molar-refractivity contribution in [2.24, 2.45) is 5.92 Å². The summed E-state index contributed by atoms with van der Waals surface area (Å²) in [6.45, 7) is 3.96. The number of rotatable bonds is 5. The Hall–Kier alpha value is -1.77. The van der Waals surface area contributed by atoms with Crippen LogP contribution >= 0.6 is 0 Å². The molecule has 0 radical (unpaired) electrons. The second kappa shape index (κ2) is 6.09. The van der Waals surface area contributed by atoms with Gasteiger partial charge in [0, 0.05) is 5.56 Å². The molecule has 1 rings (SSSR count). The molecule has 1 aromatic rings. The van der Waals surface area contributed by atoms with Gasteiger partial charge in [0.05, 0.1) is 14.2 Å². The van der Waals surface area contributed by atoms with Gasteiger partial charge in [-0.1, -0.05) is 13.8 Å². The third-order valence-electron chi connectivity index (χ3n) is 2.56. The number of carbonyl (C=O) groups excluding carboxylic acids is 1. The Morgan fingerprint density at radius 1 is 1.24 bits per heavy atom. The molecule has 0 heterocycles. The molecule has 0 N–H and O–H groups in total. The molecule has 17 heavy (non-hydrogen) atoms. The summed E-state index contributed by atoms with van der Waals surface area (Å²) in [6, 6.07) is 5.50. The van der Waals surface area contributed by atoms with Crippen molar-refractivity contribution in [2.45, 2.75) is 13.8 Å². The lowest BCUT2D eigenvalue weighted by Crippen LogP contribution is -1.96. The quantitative estimate of drug-likeness (QED) is 0.580. The van der Waals surface area contributed by atoms with Crippen LogP contribution in [0.15, 0.2) is 23.8 Å². The van der Waals surface area contributed by atoms with E-state index in [0.717, 1.165) is 28.9 Å². The number of aldehydes is 1. The number of methoxy groups -OCH3 is 2. The molecule has 0 aliphatic heterocycles. The second-order valence-electron chi connectivity index (χ2n) is 4.02. The molecule has 0 aliphatic rings. The minimum atomic E-state index is 0.184. The van der Waals surface area contributed by atoms with Gasteiger partial charge < -0.3 is 9.47 Å². The van der Waals surface area contributed by atoms with Crippen molar-refractivity contribution in [3.05, 3.63) is 29.3 Å². The van der Waals surface area contributed by atoms with Crippen LogP contribution in [0, 0.1) is 5.92 Å². The van der Waals surface area contributed by atoms with Crippen molar-refractivity contribution in [1.82, 2.24) is 0 Å². The van der Waals surface area contributed by atoms with E-state index >= 15 is 0 Å². The van der Waals surface area contributed by atoms with Gasteiger partial charge in [0.25, 0.3) is 0 Å². The second-order valence-corrected chi connectivity index (χ2v) is 4.02. The number of hydrogen-bond donors (Lipinski definition) is 0. The molecule has 3 heteroatoms. The van der Waals surface area contributed by atoms with Gasteiger partial charge in [0.15, 0.2) is 0 Å².